The van der Waals surface area contributed by atoms with Gasteiger partial charge in [0.15, 0.2) is 5.78 Å². The molecule has 0 unspecified atom stereocenters. The Balaban J connectivity index is 2.82. The first-order chi connectivity index (χ1) is 6.65. The Morgan fingerprint density at radius 1 is 1.43 bits per heavy atom. The van der Waals surface area contributed by atoms with Crippen LogP contribution in [0.4, 0.5) is 0 Å². The summed E-state index contributed by atoms with van der Waals surface area (Å²) < 4.78 is 5.24. The minimum absolute atomic E-state index is 0.255. The Bertz CT molecular complexity index is 281. The molecule has 0 amide bonds. The van der Waals surface area contributed by atoms with Gasteiger partial charge in [-0.1, -0.05) is 11.6 Å². The van der Waals surface area contributed by atoms with Gasteiger partial charge in [0, 0.05) is 18.4 Å². The zero-order valence-electron chi connectivity index (χ0n) is 9.22. The van der Waals surface area contributed by atoms with Gasteiger partial charge in [-0.25, -0.2) is 0 Å². The van der Waals surface area contributed by atoms with Crippen LogP contribution in [-0.4, -0.2) is 12.9 Å². The van der Waals surface area contributed by atoms with E-state index >= 15 is 0 Å². The molecule has 0 bridgehead atoms. The molecule has 0 heterocycles. The zero-order valence-corrected chi connectivity index (χ0v) is 9.22. The maximum absolute atomic E-state index is 11.6. The van der Waals surface area contributed by atoms with Gasteiger partial charge < -0.3 is 4.74 Å². The molecule has 14 heavy (non-hydrogen) atoms. The highest BCUT2D eigenvalue weighted by Gasteiger charge is 2.19. The molecule has 0 aromatic rings. The lowest BCUT2D eigenvalue weighted by Gasteiger charge is -2.17. The minimum Gasteiger partial charge on any atom is -0.501 e. The number of ketones is 1. The molecule has 0 radical (unpaired) electrons. The number of carbonyl (C=O) groups is 1. The Morgan fingerprint density at radius 3 is 2.71 bits per heavy atom. The average Bonchev–Trinajstić information content (AvgIpc) is 2.15. The molecule has 0 saturated carbocycles. The van der Waals surface area contributed by atoms with Gasteiger partial charge in [0.2, 0.25) is 0 Å². The van der Waals surface area contributed by atoms with Crippen molar-refractivity contribution in [2.24, 2.45) is 0 Å². The molecule has 0 N–H and O–H groups in total. The number of ether oxygens (including phenoxy) is 1. The van der Waals surface area contributed by atoms with E-state index in [2.05, 4.69) is 6.08 Å². The number of hydrogen-bond acceptors (Lipinski definition) is 2. The van der Waals surface area contributed by atoms with Crippen LogP contribution in [0.25, 0.3) is 0 Å². The quantitative estimate of drug-likeness (QED) is 0.645. The molecule has 0 aromatic heterocycles. The molecule has 0 aliphatic heterocycles. The second-order valence-corrected chi connectivity index (χ2v) is 3.87. The Kier molecular flexibility index (Phi) is 3.93. The number of hydrogen-bond donors (Lipinski definition) is 0. The van der Waals surface area contributed by atoms with Gasteiger partial charge >= 0.3 is 0 Å². The van der Waals surface area contributed by atoms with Gasteiger partial charge in [-0.3, -0.25) is 4.79 Å². The van der Waals surface area contributed by atoms with Crippen molar-refractivity contribution in [3.63, 3.8) is 0 Å². The largest absolute Gasteiger partial charge is 0.501 e. The van der Waals surface area contributed by atoms with Crippen LogP contribution in [0.5, 0.6) is 0 Å². The van der Waals surface area contributed by atoms with E-state index in [1.807, 2.05) is 13.8 Å². The normalized spacial score (nSPS) is 16.9. The van der Waals surface area contributed by atoms with Crippen molar-refractivity contribution in [1.82, 2.24) is 0 Å². The summed E-state index contributed by atoms with van der Waals surface area (Å²) in [6, 6.07) is 0. The Hall–Kier alpha value is -1.05. The fourth-order valence-electron chi connectivity index (χ4n) is 1.63. The lowest BCUT2D eigenvalue weighted by molar-refractivity contribution is -0.116. The molecule has 0 saturated heterocycles. The van der Waals surface area contributed by atoms with Crippen molar-refractivity contribution in [2.45, 2.75) is 39.5 Å². The second-order valence-electron chi connectivity index (χ2n) is 3.87. The van der Waals surface area contributed by atoms with E-state index in [9.17, 15) is 4.79 Å². The summed E-state index contributed by atoms with van der Waals surface area (Å²) in [6.07, 6.45) is 5.33. The number of carbonyl (C=O) groups excluding carboxylic acids is 1. The fraction of sp³-hybridized carbons (Fsp3) is 0.583. The minimum atomic E-state index is 0.255. The van der Waals surface area contributed by atoms with E-state index in [0.717, 1.165) is 30.6 Å². The van der Waals surface area contributed by atoms with Crippen LogP contribution in [0.2, 0.25) is 0 Å². The first-order valence-corrected chi connectivity index (χ1v) is 5.07. The van der Waals surface area contributed by atoms with Gasteiger partial charge in [0.05, 0.1) is 7.11 Å². The van der Waals surface area contributed by atoms with Crippen molar-refractivity contribution in [1.29, 1.82) is 0 Å². The number of Topliss-reactive ketones (excluding diaryl/α,β-unsaturated/α-hetero) is 1. The summed E-state index contributed by atoms with van der Waals surface area (Å²) in [7, 11) is 1.65. The second kappa shape index (κ2) is 4.99. The van der Waals surface area contributed by atoms with Crippen LogP contribution in [0.1, 0.15) is 39.5 Å². The van der Waals surface area contributed by atoms with Crippen molar-refractivity contribution in [3.8, 4) is 0 Å². The molecule has 0 spiro atoms. The van der Waals surface area contributed by atoms with Crippen LogP contribution in [0.3, 0.4) is 0 Å². The van der Waals surface area contributed by atoms with Gasteiger partial charge in [0.1, 0.15) is 5.76 Å². The maximum Gasteiger partial charge on any atom is 0.162 e. The molecule has 0 atom stereocenters. The first kappa shape index (κ1) is 11.0. The van der Waals surface area contributed by atoms with Crippen LogP contribution < -0.4 is 0 Å². The SMILES string of the molecule is COC1=C(CC=C(C)C)C(=O)CCC1. The van der Waals surface area contributed by atoms with Crippen LogP contribution in [-0.2, 0) is 9.53 Å². The summed E-state index contributed by atoms with van der Waals surface area (Å²) in [5, 5.41) is 0. The van der Waals surface area contributed by atoms with Crippen LogP contribution >= 0.6 is 0 Å². The molecule has 0 aromatic carbocycles. The smallest absolute Gasteiger partial charge is 0.162 e. The first-order valence-electron chi connectivity index (χ1n) is 5.07. The average molecular weight is 194 g/mol. The van der Waals surface area contributed by atoms with Crippen molar-refractivity contribution in [2.75, 3.05) is 7.11 Å². The molecule has 2 nitrogen and oxygen atoms in total. The Morgan fingerprint density at radius 2 is 2.14 bits per heavy atom. The lowest BCUT2D eigenvalue weighted by Crippen LogP contribution is -2.12. The predicted octanol–water partition coefficient (Wildman–Crippen LogP) is 3.00. The number of allylic oxidation sites excluding steroid dienone is 4. The molecule has 1 aliphatic rings. The van der Waals surface area contributed by atoms with E-state index in [-0.39, 0.29) is 5.78 Å². The molecule has 1 rings (SSSR count). The summed E-state index contributed by atoms with van der Waals surface area (Å²) in [6.45, 7) is 4.08. The molecular weight excluding hydrogens is 176 g/mol. The molecular formula is C12H18O2. The highest BCUT2D eigenvalue weighted by molar-refractivity contribution is 5.96. The monoisotopic (exact) mass is 194 g/mol. The summed E-state index contributed by atoms with van der Waals surface area (Å²) in [5.41, 5.74) is 2.12. The van der Waals surface area contributed by atoms with Crippen LogP contribution in [0, 0.1) is 0 Å². The molecule has 78 valence electrons. The standard InChI is InChI=1S/C12H18O2/c1-9(2)7-8-10-11(13)5-4-6-12(10)14-3/h7H,4-6,8H2,1-3H3. The number of rotatable bonds is 3. The van der Waals surface area contributed by atoms with Crippen LogP contribution in [0.15, 0.2) is 23.0 Å². The third-order valence-corrected chi connectivity index (χ3v) is 2.44. The van der Waals surface area contributed by atoms with Gasteiger partial charge in [-0.15, -0.1) is 0 Å². The van der Waals surface area contributed by atoms with Crippen molar-refractivity contribution in [3.05, 3.63) is 23.0 Å². The molecule has 1 aliphatic carbocycles. The van der Waals surface area contributed by atoms with Crippen molar-refractivity contribution >= 4 is 5.78 Å². The van der Waals surface area contributed by atoms with Gasteiger partial charge in [-0.2, -0.15) is 0 Å². The highest BCUT2D eigenvalue weighted by Crippen LogP contribution is 2.25. The number of methoxy groups -OCH3 is 1. The Labute approximate surface area is 85.6 Å². The zero-order chi connectivity index (χ0) is 10.6. The van der Waals surface area contributed by atoms with Gasteiger partial charge in [-0.05, 0) is 26.7 Å². The third-order valence-electron chi connectivity index (χ3n) is 2.44. The van der Waals surface area contributed by atoms with Crippen molar-refractivity contribution < 1.29 is 9.53 Å². The summed E-state index contributed by atoms with van der Waals surface area (Å²) in [5.74, 6) is 1.14. The third kappa shape index (κ3) is 2.72. The summed E-state index contributed by atoms with van der Waals surface area (Å²) >= 11 is 0. The fourth-order valence-corrected chi connectivity index (χ4v) is 1.63. The predicted molar refractivity (Wildman–Crippen MR) is 56.9 cm³/mol. The van der Waals surface area contributed by atoms with E-state index in [1.165, 1.54) is 5.57 Å². The highest BCUT2D eigenvalue weighted by atomic mass is 16.5. The van der Waals surface area contributed by atoms with E-state index in [0.29, 0.717) is 6.42 Å². The maximum atomic E-state index is 11.6. The lowest BCUT2D eigenvalue weighted by atomic mass is 9.93. The van der Waals surface area contributed by atoms with E-state index in [4.69, 9.17) is 4.74 Å². The van der Waals surface area contributed by atoms with E-state index < -0.39 is 0 Å². The summed E-state index contributed by atoms with van der Waals surface area (Å²) in [4.78, 5) is 11.6. The van der Waals surface area contributed by atoms with E-state index in [1.54, 1.807) is 7.11 Å². The molecule has 2 heteroatoms. The topological polar surface area (TPSA) is 26.3 Å². The van der Waals surface area contributed by atoms with Gasteiger partial charge in [0.25, 0.3) is 0 Å². The molecule has 0 fully saturated rings.